The summed E-state index contributed by atoms with van der Waals surface area (Å²) < 4.78 is 43.3. The second-order valence-electron chi connectivity index (χ2n) is 3.58. The van der Waals surface area contributed by atoms with Crippen molar-refractivity contribution in [1.82, 2.24) is 4.31 Å². The molecule has 0 unspecified atom stereocenters. The molecule has 0 aliphatic carbocycles. The van der Waals surface area contributed by atoms with Gasteiger partial charge in [-0.1, -0.05) is 6.92 Å². The Kier molecular flexibility index (Phi) is 5.45. The van der Waals surface area contributed by atoms with Crippen molar-refractivity contribution in [3.05, 3.63) is 28.5 Å². The van der Waals surface area contributed by atoms with E-state index in [0.717, 1.165) is 10.4 Å². The lowest BCUT2D eigenvalue weighted by Crippen LogP contribution is -2.36. The maximum absolute atomic E-state index is 13.4. The molecule has 1 rings (SSSR count). The van der Waals surface area contributed by atoms with Crippen LogP contribution in [0.4, 0.5) is 4.39 Å². The van der Waals surface area contributed by atoms with Gasteiger partial charge in [-0.3, -0.25) is 4.79 Å². The van der Waals surface area contributed by atoms with Gasteiger partial charge in [-0.05, 0) is 34.1 Å². The Bertz CT molecular complexity index is 576. The third-order valence-electron chi connectivity index (χ3n) is 2.41. The monoisotopic (exact) mass is 353 g/mol. The van der Waals surface area contributed by atoms with Gasteiger partial charge in [-0.2, -0.15) is 4.31 Å². The lowest BCUT2D eigenvalue weighted by Gasteiger charge is -2.19. The summed E-state index contributed by atoms with van der Waals surface area (Å²) in [7, 11) is -2.76. The van der Waals surface area contributed by atoms with Crippen molar-refractivity contribution >= 4 is 31.9 Å². The number of carbonyl (C=O) groups excluding carboxylic acids is 1. The summed E-state index contributed by atoms with van der Waals surface area (Å²) in [4.78, 5) is 11.0. The molecule has 8 heteroatoms. The highest BCUT2D eigenvalue weighted by Crippen LogP contribution is 2.22. The minimum atomic E-state index is -3.92. The third kappa shape index (κ3) is 3.74. The highest BCUT2D eigenvalue weighted by atomic mass is 79.9. The highest BCUT2D eigenvalue weighted by Gasteiger charge is 2.26. The van der Waals surface area contributed by atoms with Gasteiger partial charge in [0.2, 0.25) is 10.0 Å². The maximum atomic E-state index is 13.4. The van der Waals surface area contributed by atoms with Crippen molar-refractivity contribution in [2.45, 2.75) is 11.8 Å². The number of hydrogen-bond donors (Lipinski definition) is 0. The summed E-state index contributed by atoms with van der Waals surface area (Å²) in [6, 6.07) is 3.47. The predicted molar refractivity (Wildman–Crippen MR) is 70.5 cm³/mol. The Labute approximate surface area is 119 Å². The van der Waals surface area contributed by atoms with Crippen LogP contribution in [0.3, 0.4) is 0 Å². The first-order valence-corrected chi connectivity index (χ1v) is 7.58. The van der Waals surface area contributed by atoms with Gasteiger partial charge in [0.25, 0.3) is 0 Å². The van der Waals surface area contributed by atoms with E-state index < -0.39 is 28.4 Å². The fourth-order valence-electron chi connectivity index (χ4n) is 1.36. The van der Waals surface area contributed by atoms with Crippen LogP contribution in [0.15, 0.2) is 27.6 Å². The molecule has 0 aliphatic heterocycles. The molecule has 0 aliphatic rings. The number of methoxy groups -OCH3 is 1. The standard InChI is InChI=1S/C11H13BrFNO4S/c1-3-14(7-11(15)18-2)19(16,17)8-4-5-9(12)10(13)6-8/h4-6H,3,7H2,1-2H3. The van der Waals surface area contributed by atoms with E-state index in [-0.39, 0.29) is 15.9 Å². The number of halogens is 2. The Morgan fingerprint density at radius 3 is 2.58 bits per heavy atom. The van der Waals surface area contributed by atoms with Crippen LogP contribution < -0.4 is 0 Å². The molecule has 0 fully saturated rings. The molecule has 0 N–H and O–H groups in total. The van der Waals surface area contributed by atoms with Gasteiger partial charge in [-0.25, -0.2) is 12.8 Å². The van der Waals surface area contributed by atoms with E-state index in [4.69, 9.17) is 0 Å². The van der Waals surface area contributed by atoms with E-state index in [2.05, 4.69) is 20.7 Å². The number of sulfonamides is 1. The van der Waals surface area contributed by atoms with Gasteiger partial charge in [0, 0.05) is 6.54 Å². The van der Waals surface area contributed by atoms with Crippen molar-refractivity contribution in [2.75, 3.05) is 20.2 Å². The molecule has 0 atom stereocenters. The number of nitrogens with zero attached hydrogens (tertiary/aromatic N) is 1. The molecule has 0 saturated carbocycles. The smallest absolute Gasteiger partial charge is 0.321 e. The Hall–Kier alpha value is -0.990. The van der Waals surface area contributed by atoms with Crippen LogP contribution >= 0.6 is 15.9 Å². The van der Waals surface area contributed by atoms with E-state index in [1.807, 2.05) is 0 Å². The molecule has 19 heavy (non-hydrogen) atoms. The van der Waals surface area contributed by atoms with Gasteiger partial charge in [-0.15, -0.1) is 0 Å². The second kappa shape index (κ2) is 6.44. The van der Waals surface area contributed by atoms with E-state index >= 15 is 0 Å². The molecule has 0 radical (unpaired) electrons. The van der Waals surface area contributed by atoms with Crippen molar-refractivity contribution < 1.29 is 22.3 Å². The molecule has 106 valence electrons. The zero-order valence-corrected chi connectivity index (χ0v) is 12.8. The van der Waals surface area contributed by atoms with Crippen molar-refractivity contribution in [2.24, 2.45) is 0 Å². The normalized spacial score (nSPS) is 11.6. The van der Waals surface area contributed by atoms with Crippen LogP contribution in [0.2, 0.25) is 0 Å². The molecular formula is C11H13BrFNO4S. The quantitative estimate of drug-likeness (QED) is 0.756. The molecule has 5 nitrogen and oxygen atoms in total. The molecule has 0 heterocycles. The minimum Gasteiger partial charge on any atom is -0.468 e. The molecule has 0 aromatic heterocycles. The fraction of sp³-hybridized carbons (Fsp3) is 0.364. The zero-order valence-electron chi connectivity index (χ0n) is 10.4. The summed E-state index contributed by atoms with van der Waals surface area (Å²) in [5, 5.41) is 0. The van der Waals surface area contributed by atoms with Crippen molar-refractivity contribution in [1.29, 1.82) is 0 Å². The number of rotatable bonds is 5. The van der Waals surface area contributed by atoms with Crippen LogP contribution in [-0.2, 0) is 19.6 Å². The first-order chi connectivity index (χ1) is 8.82. The molecule has 0 bridgehead atoms. The van der Waals surface area contributed by atoms with Crippen LogP contribution in [0.1, 0.15) is 6.92 Å². The van der Waals surface area contributed by atoms with Gasteiger partial charge in [0.05, 0.1) is 16.5 Å². The molecule has 0 amide bonds. The summed E-state index contributed by atoms with van der Waals surface area (Å²) in [5.41, 5.74) is 0. The van der Waals surface area contributed by atoms with Gasteiger partial charge in [0.1, 0.15) is 12.4 Å². The summed E-state index contributed by atoms with van der Waals surface area (Å²) in [6.45, 7) is 1.25. The first-order valence-electron chi connectivity index (χ1n) is 5.35. The topological polar surface area (TPSA) is 63.7 Å². The molecule has 0 saturated heterocycles. The zero-order chi connectivity index (χ0) is 14.6. The lowest BCUT2D eigenvalue weighted by molar-refractivity contribution is -0.140. The fourth-order valence-corrected chi connectivity index (χ4v) is 3.01. The van der Waals surface area contributed by atoms with Crippen LogP contribution in [-0.4, -0.2) is 38.9 Å². The number of benzene rings is 1. The number of esters is 1. The molecular weight excluding hydrogens is 341 g/mol. The number of likely N-dealkylation sites (N-methyl/N-ethyl adjacent to an activating group) is 1. The van der Waals surface area contributed by atoms with Crippen molar-refractivity contribution in [3.63, 3.8) is 0 Å². The Morgan fingerprint density at radius 1 is 1.47 bits per heavy atom. The van der Waals surface area contributed by atoms with Crippen LogP contribution in [0, 0.1) is 5.82 Å². The summed E-state index contributed by atoms with van der Waals surface area (Å²) in [5.74, 6) is -1.36. The maximum Gasteiger partial charge on any atom is 0.321 e. The van der Waals surface area contributed by atoms with E-state index in [1.54, 1.807) is 6.92 Å². The first kappa shape index (κ1) is 16.1. The SMILES string of the molecule is CCN(CC(=O)OC)S(=O)(=O)c1ccc(Br)c(F)c1. The molecule has 1 aromatic carbocycles. The van der Waals surface area contributed by atoms with Crippen LogP contribution in [0.25, 0.3) is 0 Å². The summed E-state index contributed by atoms with van der Waals surface area (Å²) >= 11 is 2.94. The highest BCUT2D eigenvalue weighted by molar-refractivity contribution is 9.10. The van der Waals surface area contributed by atoms with Crippen LogP contribution in [0.5, 0.6) is 0 Å². The average Bonchev–Trinajstić information content (AvgIpc) is 2.38. The molecule has 0 spiro atoms. The second-order valence-corrected chi connectivity index (χ2v) is 6.38. The average molecular weight is 354 g/mol. The Balaban J connectivity index is 3.13. The van der Waals surface area contributed by atoms with E-state index in [9.17, 15) is 17.6 Å². The number of ether oxygens (including phenoxy) is 1. The van der Waals surface area contributed by atoms with E-state index in [0.29, 0.717) is 0 Å². The molecule has 1 aromatic rings. The van der Waals surface area contributed by atoms with Gasteiger partial charge in [0.15, 0.2) is 0 Å². The lowest BCUT2D eigenvalue weighted by atomic mass is 10.3. The van der Waals surface area contributed by atoms with Gasteiger partial charge < -0.3 is 4.74 Å². The largest absolute Gasteiger partial charge is 0.468 e. The van der Waals surface area contributed by atoms with Crippen molar-refractivity contribution in [3.8, 4) is 0 Å². The summed E-state index contributed by atoms with van der Waals surface area (Å²) in [6.07, 6.45) is 0. The Morgan fingerprint density at radius 2 is 2.11 bits per heavy atom. The minimum absolute atomic E-state index is 0.0785. The van der Waals surface area contributed by atoms with Gasteiger partial charge >= 0.3 is 5.97 Å². The third-order valence-corrected chi connectivity index (χ3v) is 4.97. The van der Waals surface area contributed by atoms with E-state index in [1.165, 1.54) is 19.2 Å². The number of carbonyl (C=O) groups is 1. The predicted octanol–water partition coefficient (Wildman–Crippen LogP) is 1.77. The number of hydrogen-bond acceptors (Lipinski definition) is 4.